The van der Waals surface area contributed by atoms with E-state index in [1.54, 1.807) is 14.2 Å². The molecule has 0 bridgehead atoms. The van der Waals surface area contributed by atoms with Crippen molar-refractivity contribution in [1.29, 1.82) is 0 Å². The van der Waals surface area contributed by atoms with Gasteiger partial charge in [0, 0.05) is 12.0 Å². The summed E-state index contributed by atoms with van der Waals surface area (Å²) in [7, 11) is 3.26. The van der Waals surface area contributed by atoms with Crippen molar-refractivity contribution < 1.29 is 14.6 Å². The third-order valence-electron chi connectivity index (χ3n) is 5.21. The Hall–Kier alpha value is -3.22. The van der Waals surface area contributed by atoms with Gasteiger partial charge in [0.15, 0.2) is 0 Å². The van der Waals surface area contributed by atoms with Crippen LogP contribution in [0.4, 0.5) is 0 Å². The maximum Gasteiger partial charge on any atom is 0.140 e. The minimum atomic E-state index is -1.31. The Morgan fingerprint density at radius 2 is 1.17 bits per heavy atom. The summed E-state index contributed by atoms with van der Waals surface area (Å²) in [5, 5.41) is 12.0. The Kier molecular flexibility index (Phi) is 7.17. The molecule has 0 saturated heterocycles. The van der Waals surface area contributed by atoms with Gasteiger partial charge in [-0.1, -0.05) is 61.6 Å². The van der Waals surface area contributed by atoms with E-state index in [0.29, 0.717) is 0 Å². The number of hydrogen-bond donors (Lipinski definition) is 1. The Labute approximate surface area is 179 Å². The van der Waals surface area contributed by atoms with Crippen LogP contribution in [-0.4, -0.2) is 19.3 Å². The standard InChI is InChI=1S/C27H28O3/c1-4-5-6-7-8-21-9-11-22(12-10-21)27(28,23-13-17-25(29-2)18-14-23)24-15-19-26(30-3)20-16-24/h9-20,28H,4-6H2,1-3H3. The Morgan fingerprint density at radius 1 is 0.733 bits per heavy atom. The minimum Gasteiger partial charge on any atom is -0.497 e. The van der Waals surface area contributed by atoms with Crippen LogP contribution in [0.3, 0.4) is 0 Å². The van der Waals surface area contributed by atoms with E-state index >= 15 is 0 Å². The first kappa shape index (κ1) is 21.5. The molecule has 1 N–H and O–H groups in total. The predicted molar refractivity (Wildman–Crippen MR) is 121 cm³/mol. The number of aliphatic hydroxyl groups is 1. The maximum atomic E-state index is 12.0. The molecular formula is C27H28O3. The largest absolute Gasteiger partial charge is 0.497 e. The average molecular weight is 401 g/mol. The van der Waals surface area contributed by atoms with Crippen LogP contribution in [0.5, 0.6) is 11.5 Å². The van der Waals surface area contributed by atoms with E-state index in [9.17, 15) is 5.11 Å². The quantitative estimate of drug-likeness (QED) is 0.322. The van der Waals surface area contributed by atoms with E-state index in [0.717, 1.165) is 53.0 Å². The molecule has 3 nitrogen and oxygen atoms in total. The van der Waals surface area contributed by atoms with Gasteiger partial charge in [0.2, 0.25) is 0 Å². The zero-order chi connectivity index (χ0) is 21.4. The topological polar surface area (TPSA) is 38.7 Å². The number of rotatable bonds is 7. The molecule has 30 heavy (non-hydrogen) atoms. The first-order valence-electron chi connectivity index (χ1n) is 10.2. The second-order valence-electron chi connectivity index (χ2n) is 7.15. The number of hydrogen-bond acceptors (Lipinski definition) is 3. The van der Waals surface area contributed by atoms with Gasteiger partial charge in [-0.3, -0.25) is 0 Å². The first-order chi connectivity index (χ1) is 14.6. The van der Waals surface area contributed by atoms with Crippen molar-refractivity contribution in [3.63, 3.8) is 0 Å². The predicted octanol–water partition coefficient (Wildman–Crippen LogP) is 5.53. The van der Waals surface area contributed by atoms with Crippen LogP contribution in [0.15, 0.2) is 72.8 Å². The van der Waals surface area contributed by atoms with Gasteiger partial charge in [-0.15, -0.1) is 0 Å². The number of benzene rings is 3. The molecule has 3 heteroatoms. The molecule has 0 aromatic heterocycles. The normalized spacial score (nSPS) is 10.8. The van der Waals surface area contributed by atoms with Crippen molar-refractivity contribution in [2.45, 2.75) is 31.8 Å². The van der Waals surface area contributed by atoms with Gasteiger partial charge in [0.25, 0.3) is 0 Å². The van der Waals surface area contributed by atoms with E-state index in [1.807, 2.05) is 72.8 Å². The summed E-state index contributed by atoms with van der Waals surface area (Å²) >= 11 is 0. The summed E-state index contributed by atoms with van der Waals surface area (Å²) in [6.45, 7) is 2.16. The lowest BCUT2D eigenvalue weighted by Gasteiger charge is -2.30. The molecule has 0 spiro atoms. The Bertz CT molecular complexity index is 944. The summed E-state index contributed by atoms with van der Waals surface area (Å²) in [6.07, 6.45) is 3.16. The van der Waals surface area contributed by atoms with Gasteiger partial charge in [-0.25, -0.2) is 0 Å². The molecule has 0 fully saturated rings. The van der Waals surface area contributed by atoms with E-state index in [-0.39, 0.29) is 0 Å². The molecule has 0 heterocycles. The van der Waals surface area contributed by atoms with Crippen molar-refractivity contribution in [1.82, 2.24) is 0 Å². The fourth-order valence-corrected chi connectivity index (χ4v) is 3.39. The Morgan fingerprint density at radius 3 is 1.57 bits per heavy atom. The van der Waals surface area contributed by atoms with Gasteiger partial charge in [-0.05, 0) is 59.5 Å². The molecule has 154 valence electrons. The molecule has 0 aliphatic carbocycles. The van der Waals surface area contributed by atoms with Crippen LogP contribution >= 0.6 is 0 Å². The zero-order valence-corrected chi connectivity index (χ0v) is 17.8. The summed E-state index contributed by atoms with van der Waals surface area (Å²) in [4.78, 5) is 0. The zero-order valence-electron chi connectivity index (χ0n) is 17.8. The van der Waals surface area contributed by atoms with Crippen LogP contribution in [0, 0.1) is 11.8 Å². The van der Waals surface area contributed by atoms with Crippen molar-refractivity contribution in [2.24, 2.45) is 0 Å². The smallest absolute Gasteiger partial charge is 0.140 e. The fourth-order valence-electron chi connectivity index (χ4n) is 3.39. The van der Waals surface area contributed by atoms with Crippen molar-refractivity contribution in [3.8, 4) is 23.3 Å². The van der Waals surface area contributed by atoms with Gasteiger partial charge < -0.3 is 14.6 Å². The van der Waals surface area contributed by atoms with E-state index in [4.69, 9.17) is 9.47 Å². The average Bonchev–Trinajstić information content (AvgIpc) is 2.82. The van der Waals surface area contributed by atoms with Crippen molar-refractivity contribution >= 4 is 0 Å². The highest BCUT2D eigenvalue weighted by atomic mass is 16.5. The molecule has 0 aliphatic heterocycles. The number of unbranched alkanes of at least 4 members (excludes halogenated alkanes) is 2. The molecule has 0 radical (unpaired) electrons. The molecule has 3 rings (SSSR count). The summed E-state index contributed by atoms with van der Waals surface area (Å²) in [5.74, 6) is 7.90. The van der Waals surface area contributed by atoms with Gasteiger partial charge in [0.05, 0.1) is 14.2 Å². The second kappa shape index (κ2) is 10.0. The highest BCUT2D eigenvalue weighted by Crippen LogP contribution is 2.38. The molecule has 0 saturated carbocycles. The molecule has 3 aromatic rings. The first-order valence-corrected chi connectivity index (χ1v) is 10.2. The number of methoxy groups -OCH3 is 2. The maximum absolute atomic E-state index is 12.0. The number of ether oxygens (including phenoxy) is 2. The monoisotopic (exact) mass is 400 g/mol. The van der Waals surface area contributed by atoms with E-state index in [2.05, 4.69) is 18.8 Å². The lowest BCUT2D eigenvalue weighted by molar-refractivity contribution is 0.125. The van der Waals surface area contributed by atoms with Crippen molar-refractivity contribution in [2.75, 3.05) is 14.2 Å². The third kappa shape index (κ3) is 4.67. The lowest BCUT2D eigenvalue weighted by Crippen LogP contribution is -2.28. The molecule has 0 unspecified atom stereocenters. The van der Waals surface area contributed by atoms with E-state index < -0.39 is 5.60 Å². The third-order valence-corrected chi connectivity index (χ3v) is 5.21. The Balaban J connectivity index is 2.02. The SMILES string of the molecule is CCCCC#Cc1ccc(C(O)(c2ccc(OC)cc2)c2ccc(OC)cc2)cc1. The molecule has 0 atom stereocenters. The van der Waals surface area contributed by atoms with Gasteiger partial charge >= 0.3 is 0 Å². The summed E-state index contributed by atoms with van der Waals surface area (Å²) < 4.78 is 10.6. The molecule has 0 amide bonds. The van der Waals surface area contributed by atoms with Crippen LogP contribution in [0.25, 0.3) is 0 Å². The molecule has 3 aromatic carbocycles. The fraction of sp³-hybridized carbons (Fsp3) is 0.259. The van der Waals surface area contributed by atoms with Gasteiger partial charge in [-0.2, -0.15) is 0 Å². The van der Waals surface area contributed by atoms with E-state index in [1.165, 1.54) is 0 Å². The summed E-state index contributed by atoms with van der Waals surface area (Å²) in [5.41, 5.74) is 1.93. The molecular weight excluding hydrogens is 372 g/mol. The summed E-state index contributed by atoms with van der Waals surface area (Å²) in [6, 6.07) is 22.8. The highest BCUT2D eigenvalue weighted by molar-refractivity contribution is 5.50. The highest BCUT2D eigenvalue weighted by Gasteiger charge is 2.33. The minimum absolute atomic E-state index is 0.744. The van der Waals surface area contributed by atoms with Crippen molar-refractivity contribution in [3.05, 3.63) is 95.1 Å². The van der Waals surface area contributed by atoms with Gasteiger partial charge in [0.1, 0.15) is 17.1 Å². The van der Waals surface area contributed by atoms with Crippen LogP contribution in [0.1, 0.15) is 48.4 Å². The molecule has 0 aliphatic rings. The van der Waals surface area contributed by atoms with Crippen LogP contribution < -0.4 is 9.47 Å². The van der Waals surface area contributed by atoms with Crippen LogP contribution in [0.2, 0.25) is 0 Å². The lowest BCUT2D eigenvalue weighted by atomic mass is 9.80. The van der Waals surface area contributed by atoms with Crippen LogP contribution in [-0.2, 0) is 5.60 Å². The second-order valence-corrected chi connectivity index (χ2v) is 7.15.